The average Bonchev–Trinajstić information content (AvgIpc) is 3.72. The third-order valence-corrected chi connectivity index (χ3v) is 19.1. The molecule has 0 aromatic heterocycles. The normalized spacial score (nSPS) is 15.2. The number of hydrogen-bond donors (Lipinski definition) is 3. The second kappa shape index (κ2) is 59.8. The summed E-state index contributed by atoms with van der Waals surface area (Å²) in [5, 5.41) is 10.6. The van der Waals surface area contributed by atoms with Crippen LogP contribution in [0.1, 0.15) is 344 Å². The Bertz CT molecular complexity index is 1770. The van der Waals surface area contributed by atoms with Gasteiger partial charge in [-0.1, -0.05) is 293 Å². The van der Waals surface area contributed by atoms with Crippen molar-refractivity contribution in [1.82, 2.24) is 0 Å². The zero-order chi connectivity index (χ0) is 66.1. The van der Waals surface area contributed by atoms with E-state index >= 15 is 0 Å². The van der Waals surface area contributed by atoms with Gasteiger partial charge < -0.3 is 33.8 Å². The molecular formula is C70H136O17P2. The highest BCUT2D eigenvalue weighted by Crippen LogP contribution is 2.45. The molecule has 0 bridgehead atoms. The van der Waals surface area contributed by atoms with Gasteiger partial charge in [0.05, 0.1) is 26.4 Å². The number of carbonyl (C=O) groups excluding carboxylic acids is 4. The fourth-order valence-corrected chi connectivity index (χ4v) is 12.0. The van der Waals surface area contributed by atoms with Crippen molar-refractivity contribution in [3.05, 3.63) is 0 Å². The molecule has 0 radical (unpaired) electrons. The van der Waals surface area contributed by atoms with Crippen LogP contribution in [0, 0.1) is 23.7 Å². The summed E-state index contributed by atoms with van der Waals surface area (Å²) in [7, 11) is -9.90. The number of carbonyl (C=O) groups is 4. The maximum Gasteiger partial charge on any atom is 0.472 e. The molecule has 0 saturated carbocycles. The van der Waals surface area contributed by atoms with Gasteiger partial charge in [-0.2, -0.15) is 0 Å². The number of ether oxygens (including phenoxy) is 4. The lowest BCUT2D eigenvalue weighted by Crippen LogP contribution is -2.30. The first-order chi connectivity index (χ1) is 42.7. The number of esters is 4. The number of aliphatic hydroxyl groups is 1. The van der Waals surface area contributed by atoms with E-state index < -0.39 is 97.5 Å². The van der Waals surface area contributed by atoms with Gasteiger partial charge in [-0.05, 0) is 49.4 Å². The van der Waals surface area contributed by atoms with Gasteiger partial charge in [0.2, 0.25) is 0 Å². The van der Waals surface area contributed by atoms with Gasteiger partial charge in [-0.3, -0.25) is 37.3 Å². The summed E-state index contributed by atoms with van der Waals surface area (Å²) in [6, 6.07) is 0. The lowest BCUT2D eigenvalue weighted by atomic mass is 9.99. The highest BCUT2D eigenvalue weighted by atomic mass is 31.2. The van der Waals surface area contributed by atoms with E-state index in [1.54, 1.807) is 0 Å². The van der Waals surface area contributed by atoms with Crippen LogP contribution in [0.5, 0.6) is 0 Å². The molecule has 0 aliphatic rings. The van der Waals surface area contributed by atoms with E-state index in [-0.39, 0.29) is 25.7 Å². The van der Waals surface area contributed by atoms with Crippen molar-refractivity contribution in [2.45, 2.75) is 363 Å². The van der Waals surface area contributed by atoms with Crippen LogP contribution in [0.25, 0.3) is 0 Å². The zero-order valence-corrected chi connectivity index (χ0v) is 59.8. The quantitative estimate of drug-likeness (QED) is 0.0222. The molecule has 0 spiro atoms. The summed E-state index contributed by atoms with van der Waals surface area (Å²) >= 11 is 0. The van der Waals surface area contributed by atoms with Crippen molar-refractivity contribution in [2.75, 3.05) is 39.6 Å². The van der Waals surface area contributed by atoms with Gasteiger partial charge in [-0.15, -0.1) is 0 Å². The monoisotopic (exact) mass is 1310 g/mol. The Morgan fingerprint density at radius 1 is 0.315 bits per heavy atom. The number of unbranched alkanes of at least 4 members (excludes halogenated alkanes) is 30. The van der Waals surface area contributed by atoms with E-state index in [1.165, 1.54) is 141 Å². The van der Waals surface area contributed by atoms with Crippen LogP contribution in [0.2, 0.25) is 0 Å². The van der Waals surface area contributed by atoms with Crippen LogP contribution in [0.4, 0.5) is 0 Å². The third-order valence-electron chi connectivity index (χ3n) is 17.2. The minimum atomic E-state index is -4.95. The van der Waals surface area contributed by atoms with Gasteiger partial charge in [0, 0.05) is 25.7 Å². The molecule has 0 saturated heterocycles. The van der Waals surface area contributed by atoms with Gasteiger partial charge in [0.1, 0.15) is 19.3 Å². The van der Waals surface area contributed by atoms with Gasteiger partial charge in [-0.25, -0.2) is 9.13 Å². The van der Waals surface area contributed by atoms with Crippen molar-refractivity contribution in [1.29, 1.82) is 0 Å². The standard InChI is InChI=1S/C70H136O17P2/c1-9-61(6)47-39-31-23-18-20-26-36-44-52-69(74)86-65(56-80-67(72)50-42-34-25-17-15-13-12-14-16-22-30-38-46-60(4)5)58-84-88(76,77)82-54-64(71)55-83-89(78,79)85-59-66(57-81-68(73)51-43-35-29-28-33-41-49-63(8)11-3)87-70(75)53-45-37-27-21-19-24-32-40-48-62(7)10-2/h60-66,71H,9-59H2,1-8H3,(H,76,77)(H,78,79)/t61?,62?,63?,64-,65-,66-/m1/s1. The molecule has 19 heteroatoms. The van der Waals surface area contributed by atoms with E-state index in [1.807, 2.05) is 0 Å². The minimum absolute atomic E-state index is 0.103. The Morgan fingerprint density at radius 3 is 0.798 bits per heavy atom. The van der Waals surface area contributed by atoms with Crippen LogP contribution in [0.15, 0.2) is 0 Å². The largest absolute Gasteiger partial charge is 0.472 e. The van der Waals surface area contributed by atoms with E-state index in [4.69, 9.17) is 37.0 Å². The van der Waals surface area contributed by atoms with Crippen molar-refractivity contribution in [3.8, 4) is 0 Å². The maximum atomic E-state index is 13.0. The molecule has 89 heavy (non-hydrogen) atoms. The number of hydrogen-bond acceptors (Lipinski definition) is 15. The summed E-state index contributed by atoms with van der Waals surface area (Å²) < 4.78 is 68.3. The van der Waals surface area contributed by atoms with E-state index in [2.05, 4.69) is 55.4 Å². The molecule has 8 atom stereocenters. The molecule has 0 aromatic rings. The molecule has 17 nitrogen and oxygen atoms in total. The van der Waals surface area contributed by atoms with Crippen molar-refractivity contribution >= 4 is 39.5 Å². The summed E-state index contributed by atoms with van der Waals surface area (Å²) in [6.07, 6.45) is 41.6. The van der Waals surface area contributed by atoms with Crippen LogP contribution in [-0.4, -0.2) is 96.7 Å². The van der Waals surface area contributed by atoms with E-state index in [9.17, 15) is 43.2 Å². The first-order valence-electron chi connectivity index (χ1n) is 36.3. The molecule has 0 aliphatic carbocycles. The summed E-state index contributed by atoms with van der Waals surface area (Å²) in [6.45, 7) is 14.1. The van der Waals surface area contributed by atoms with E-state index in [0.29, 0.717) is 25.7 Å². The number of phosphoric ester groups is 2. The summed E-state index contributed by atoms with van der Waals surface area (Å²) in [5.41, 5.74) is 0. The fourth-order valence-electron chi connectivity index (χ4n) is 10.4. The maximum absolute atomic E-state index is 13.0. The Hall–Kier alpha value is -1.94. The second-order valence-electron chi connectivity index (χ2n) is 26.5. The lowest BCUT2D eigenvalue weighted by Gasteiger charge is -2.21. The molecule has 0 aromatic carbocycles. The highest BCUT2D eigenvalue weighted by molar-refractivity contribution is 7.47. The molecule has 0 heterocycles. The Kier molecular flexibility index (Phi) is 58.5. The lowest BCUT2D eigenvalue weighted by molar-refractivity contribution is -0.161. The van der Waals surface area contributed by atoms with Crippen LogP contribution in [-0.2, 0) is 65.4 Å². The molecular weight excluding hydrogens is 1170 g/mol. The molecule has 0 rings (SSSR count). The fraction of sp³-hybridized carbons (Fsp3) is 0.943. The van der Waals surface area contributed by atoms with Crippen LogP contribution >= 0.6 is 15.6 Å². The van der Waals surface area contributed by atoms with Crippen LogP contribution < -0.4 is 0 Å². The third kappa shape index (κ3) is 60.7. The van der Waals surface area contributed by atoms with Crippen molar-refractivity contribution < 1.29 is 80.2 Å². The predicted molar refractivity (Wildman–Crippen MR) is 358 cm³/mol. The highest BCUT2D eigenvalue weighted by Gasteiger charge is 2.30. The Balaban J connectivity index is 5.26. The van der Waals surface area contributed by atoms with Crippen molar-refractivity contribution in [3.63, 3.8) is 0 Å². The van der Waals surface area contributed by atoms with Crippen molar-refractivity contribution in [2.24, 2.45) is 23.7 Å². The van der Waals surface area contributed by atoms with Gasteiger partial charge in [0.15, 0.2) is 12.2 Å². The van der Waals surface area contributed by atoms with Gasteiger partial charge in [0.25, 0.3) is 0 Å². The summed E-state index contributed by atoms with van der Waals surface area (Å²) in [5.74, 6) is 0.919. The SMILES string of the molecule is CCC(C)CCCCCCCCCCC(=O)O[C@H](COC(=O)CCCCCCCCCCCCCCC(C)C)COP(=O)(O)OC[C@@H](O)COP(=O)(O)OC[C@@H](COC(=O)CCCCCCCCC(C)CC)OC(=O)CCCCCCCCCCC(C)CC. The first kappa shape index (κ1) is 87.1. The Labute approximate surface area is 543 Å². The first-order valence-corrected chi connectivity index (χ1v) is 39.3. The summed E-state index contributed by atoms with van der Waals surface area (Å²) in [4.78, 5) is 72.5. The average molecular weight is 1310 g/mol. The molecule has 3 N–H and O–H groups in total. The smallest absolute Gasteiger partial charge is 0.462 e. The molecule has 528 valence electrons. The minimum Gasteiger partial charge on any atom is -0.462 e. The predicted octanol–water partition coefficient (Wildman–Crippen LogP) is 19.7. The van der Waals surface area contributed by atoms with Gasteiger partial charge >= 0.3 is 39.5 Å². The topological polar surface area (TPSA) is 237 Å². The molecule has 0 amide bonds. The molecule has 0 aliphatic heterocycles. The molecule has 5 unspecified atom stereocenters. The van der Waals surface area contributed by atoms with Crippen LogP contribution in [0.3, 0.4) is 0 Å². The number of rotatable bonds is 67. The molecule has 0 fully saturated rings. The zero-order valence-electron chi connectivity index (χ0n) is 58.1. The number of phosphoric acid groups is 2. The van der Waals surface area contributed by atoms with E-state index in [0.717, 1.165) is 120 Å². The Morgan fingerprint density at radius 2 is 0.539 bits per heavy atom. The second-order valence-corrected chi connectivity index (χ2v) is 29.4. The number of aliphatic hydroxyl groups excluding tert-OH is 1.